The Bertz CT molecular complexity index is 517. The van der Waals surface area contributed by atoms with Crippen LogP contribution in [0.2, 0.25) is 0 Å². The molecule has 0 aliphatic carbocycles. The van der Waals surface area contributed by atoms with E-state index in [-0.39, 0.29) is 0 Å². The smallest absolute Gasteiger partial charge is 0.254 e. The zero-order chi connectivity index (χ0) is 10.8. The Morgan fingerprint density at radius 1 is 1.12 bits per heavy atom. The molecule has 0 bridgehead atoms. The molecule has 0 amide bonds. The lowest BCUT2D eigenvalue weighted by atomic mass is 10.2. The van der Waals surface area contributed by atoms with Gasteiger partial charge in [0.1, 0.15) is 6.61 Å². The molecule has 2 heterocycles. The number of aliphatic imine (C=N–C) groups is 1. The summed E-state index contributed by atoms with van der Waals surface area (Å²) in [7, 11) is 0. The van der Waals surface area contributed by atoms with Gasteiger partial charge in [-0.3, -0.25) is 0 Å². The Balaban J connectivity index is 1.94. The van der Waals surface area contributed by atoms with Crippen molar-refractivity contribution in [3.05, 3.63) is 42.3 Å². The number of ether oxygens (including phenoxy) is 1. The highest BCUT2D eigenvalue weighted by atomic mass is 16.5. The SMILES string of the molecule is c1ccc(-c2ncc(C3=NCCO3)o2)cc1. The van der Waals surface area contributed by atoms with Crippen molar-refractivity contribution in [2.75, 3.05) is 13.2 Å². The fourth-order valence-corrected chi connectivity index (χ4v) is 1.57. The van der Waals surface area contributed by atoms with Gasteiger partial charge >= 0.3 is 0 Å². The molecule has 0 unspecified atom stereocenters. The summed E-state index contributed by atoms with van der Waals surface area (Å²) in [5, 5.41) is 0. The highest BCUT2D eigenvalue weighted by molar-refractivity contribution is 5.92. The van der Waals surface area contributed by atoms with Gasteiger partial charge in [-0.25, -0.2) is 9.98 Å². The maximum atomic E-state index is 5.59. The predicted molar refractivity (Wildman–Crippen MR) is 59.3 cm³/mol. The number of hydrogen-bond acceptors (Lipinski definition) is 4. The molecule has 2 aromatic rings. The Morgan fingerprint density at radius 2 is 2.00 bits per heavy atom. The number of nitrogens with zero attached hydrogens (tertiary/aromatic N) is 2. The predicted octanol–water partition coefficient (Wildman–Crippen LogP) is 2.12. The number of oxazole rings is 1. The summed E-state index contributed by atoms with van der Waals surface area (Å²) < 4.78 is 10.9. The normalized spacial score (nSPS) is 14.6. The van der Waals surface area contributed by atoms with E-state index in [1.165, 1.54) is 0 Å². The molecule has 4 nitrogen and oxygen atoms in total. The van der Waals surface area contributed by atoms with E-state index in [4.69, 9.17) is 9.15 Å². The van der Waals surface area contributed by atoms with Crippen molar-refractivity contribution in [2.24, 2.45) is 4.99 Å². The molecule has 0 saturated carbocycles. The zero-order valence-corrected chi connectivity index (χ0v) is 8.59. The number of rotatable bonds is 2. The molecular formula is C12H10N2O2. The van der Waals surface area contributed by atoms with Gasteiger partial charge in [-0.05, 0) is 12.1 Å². The van der Waals surface area contributed by atoms with Gasteiger partial charge in [0.05, 0.1) is 12.7 Å². The largest absolute Gasteiger partial charge is 0.473 e. The summed E-state index contributed by atoms with van der Waals surface area (Å²) in [6.45, 7) is 1.31. The average Bonchev–Trinajstić information content (AvgIpc) is 3.01. The molecular weight excluding hydrogens is 204 g/mol. The summed E-state index contributed by atoms with van der Waals surface area (Å²) in [5.41, 5.74) is 0.951. The maximum absolute atomic E-state index is 5.59. The maximum Gasteiger partial charge on any atom is 0.254 e. The van der Waals surface area contributed by atoms with Crippen LogP contribution in [0.3, 0.4) is 0 Å². The van der Waals surface area contributed by atoms with Crippen molar-refractivity contribution >= 4 is 5.90 Å². The number of benzene rings is 1. The van der Waals surface area contributed by atoms with Gasteiger partial charge in [0.2, 0.25) is 11.7 Å². The van der Waals surface area contributed by atoms with Crippen LogP contribution in [0.15, 0.2) is 45.9 Å². The highest BCUT2D eigenvalue weighted by Gasteiger charge is 2.16. The summed E-state index contributed by atoms with van der Waals surface area (Å²) in [4.78, 5) is 8.38. The first-order chi connectivity index (χ1) is 7.93. The summed E-state index contributed by atoms with van der Waals surface area (Å²) in [6.07, 6.45) is 1.65. The van der Waals surface area contributed by atoms with Crippen LogP contribution in [-0.2, 0) is 4.74 Å². The van der Waals surface area contributed by atoms with Crippen molar-refractivity contribution in [3.8, 4) is 11.5 Å². The van der Waals surface area contributed by atoms with E-state index in [2.05, 4.69) is 9.98 Å². The van der Waals surface area contributed by atoms with E-state index in [0.717, 1.165) is 5.56 Å². The first-order valence-corrected chi connectivity index (χ1v) is 5.12. The van der Waals surface area contributed by atoms with Gasteiger partial charge in [-0.1, -0.05) is 18.2 Å². The van der Waals surface area contributed by atoms with Crippen LogP contribution < -0.4 is 0 Å². The Kier molecular flexibility index (Phi) is 2.18. The Hall–Kier alpha value is -2.10. The molecule has 0 fully saturated rings. The van der Waals surface area contributed by atoms with Crippen LogP contribution in [0.5, 0.6) is 0 Å². The lowest BCUT2D eigenvalue weighted by Gasteiger charge is -1.95. The van der Waals surface area contributed by atoms with E-state index in [1.54, 1.807) is 6.20 Å². The fourth-order valence-electron chi connectivity index (χ4n) is 1.57. The van der Waals surface area contributed by atoms with Crippen LogP contribution in [0, 0.1) is 0 Å². The second-order valence-electron chi connectivity index (χ2n) is 3.43. The molecule has 4 heteroatoms. The molecule has 0 N–H and O–H groups in total. The van der Waals surface area contributed by atoms with Crippen molar-refractivity contribution < 1.29 is 9.15 Å². The molecule has 1 aliphatic rings. The van der Waals surface area contributed by atoms with Crippen LogP contribution in [-0.4, -0.2) is 24.0 Å². The molecule has 1 aromatic heterocycles. The van der Waals surface area contributed by atoms with E-state index < -0.39 is 0 Å². The minimum atomic E-state index is 0.551. The summed E-state index contributed by atoms with van der Waals surface area (Å²) in [6, 6.07) is 9.75. The monoisotopic (exact) mass is 214 g/mol. The molecule has 0 saturated heterocycles. The first kappa shape index (κ1) is 9.15. The van der Waals surface area contributed by atoms with Crippen LogP contribution >= 0.6 is 0 Å². The van der Waals surface area contributed by atoms with Gasteiger partial charge in [0.15, 0.2) is 0 Å². The molecule has 0 atom stereocenters. The first-order valence-electron chi connectivity index (χ1n) is 5.12. The molecule has 3 rings (SSSR count). The Morgan fingerprint density at radius 3 is 2.75 bits per heavy atom. The summed E-state index contributed by atoms with van der Waals surface area (Å²) >= 11 is 0. The molecule has 16 heavy (non-hydrogen) atoms. The average molecular weight is 214 g/mol. The minimum Gasteiger partial charge on any atom is -0.473 e. The summed E-state index contributed by atoms with van der Waals surface area (Å²) in [5.74, 6) is 1.74. The van der Waals surface area contributed by atoms with Gasteiger partial charge in [-0.2, -0.15) is 0 Å². The minimum absolute atomic E-state index is 0.551. The van der Waals surface area contributed by atoms with Gasteiger partial charge in [-0.15, -0.1) is 0 Å². The molecule has 0 radical (unpaired) electrons. The van der Waals surface area contributed by atoms with Gasteiger partial charge in [0.25, 0.3) is 5.90 Å². The van der Waals surface area contributed by atoms with Crippen molar-refractivity contribution in [2.45, 2.75) is 0 Å². The van der Waals surface area contributed by atoms with Crippen molar-refractivity contribution in [3.63, 3.8) is 0 Å². The molecule has 80 valence electrons. The van der Waals surface area contributed by atoms with Crippen molar-refractivity contribution in [1.82, 2.24) is 4.98 Å². The third kappa shape index (κ3) is 1.58. The second kappa shape index (κ2) is 3.81. The molecule has 0 spiro atoms. The quantitative estimate of drug-likeness (QED) is 0.769. The second-order valence-corrected chi connectivity index (χ2v) is 3.43. The van der Waals surface area contributed by atoms with Gasteiger partial charge in [0, 0.05) is 5.56 Å². The number of hydrogen-bond donors (Lipinski definition) is 0. The lowest BCUT2D eigenvalue weighted by Crippen LogP contribution is -1.98. The topological polar surface area (TPSA) is 47.6 Å². The molecule has 1 aromatic carbocycles. The van der Waals surface area contributed by atoms with Gasteiger partial charge < -0.3 is 9.15 Å². The fraction of sp³-hybridized carbons (Fsp3) is 0.167. The third-order valence-corrected chi connectivity index (χ3v) is 2.32. The van der Waals surface area contributed by atoms with Crippen LogP contribution in [0.1, 0.15) is 5.76 Å². The lowest BCUT2D eigenvalue weighted by molar-refractivity contribution is 0.339. The van der Waals surface area contributed by atoms with E-state index in [0.29, 0.717) is 30.7 Å². The highest BCUT2D eigenvalue weighted by Crippen LogP contribution is 2.19. The zero-order valence-electron chi connectivity index (χ0n) is 8.59. The third-order valence-electron chi connectivity index (χ3n) is 2.32. The Labute approximate surface area is 92.6 Å². The van der Waals surface area contributed by atoms with Crippen LogP contribution in [0.25, 0.3) is 11.5 Å². The molecule has 1 aliphatic heterocycles. The van der Waals surface area contributed by atoms with Crippen LogP contribution in [0.4, 0.5) is 0 Å². The van der Waals surface area contributed by atoms with E-state index in [1.807, 2.05) is 30.3 Å². The standard InChI is InChI=1S/C12H10N2O2/c1-2-4-9(5-3-1)11-14-8-10(16-11)12-13-6-7-15-12/h1-5,8H,6-7H2. The van der Waals surface area contributed by atoms with Crippen molar-refractivity contribution in [1.29, 1.82) is 0 Å². The van der Waals surface area contributed by atoms with E-state index >= 15 is 0 Å². The van der Waals surface area contributed by atoms with E-state index in [9.17, 15) is 0 Å². The number of aromatic nitrogens is 1.